The lowest BCUT2D eigenvalue weighted by molar-refractivity contribution is -0.161. The van der Waals surface area contributed by atoms with E-state index in [9.17, 15) is 9.18 Å². The molecule has 7 rings (SSSR count). The molecule has 0 radical (unpaired) electrons. The van der Waals surface area contributed by atoms with Crippen molar-refractivity contribution in [1.82, 2.24) is 0 Å². The number of carbonyl (C=O) groups excluding carboxylic acids is 1. The van der Waals surface area contributed by atoms with E-state index < -0.39 is 52.3 Å². The minimum absolute atomic E-state index is 0.0147. The highest BCUT2D eigenvalue weighted by Crippen LogP contribution is 2.50. The van der Waals surface area contributed by atoms with Crippen LogP contribution in [0.4, 0.5) is 4.39 Å². The summed E-state index contributed by atoms with van der Waals surface area (Å²) in [6, 6.07) is 23.6. The maximum atomic E-state index is 14.2. The molecule has 634 valence electrons. The van der Waals surface area contributed by atoms with Crippen molar-refractivity contribution in [1.29, 1.82) is 0 Å². The first-order valence-electron chi connectivity index (χ1n) is 38.6. The Morgan fingerprint density at radius 1 is 0.459 bits per heavy atom. The first kappa shape index (κ1) is 104. The van der Waals surface area contributed by atoms with Gasteiger partial charge in [-0.05, 0) is 234 Å². The Labute approximate surface area is 666 Å². The van der Waals surface area contributed by atoms with Gasteiger partial charge in [0.25, 0.3) is 0 Å². The van der Waals surface area contributed by atoms with Gasteiger partial charge in [0.1, 0.15) is 28.3 Å². The molecule has 29 heteroatoms. The van der Waals surface area contributed by atoms with E-state index in [1.54, 1.807) is 113 Å². The molecule has 0 amide bonds. The zero-order valence-corrected chi connectivity index (χ0v) is 79.8. The standard InChI is InChI=1S/C17H32O4Si2.C16H27FO4Si.C15H26O4Si.C12H20O2.C12H22O2.2C4H12O3Si/c1-17(2,3)22(7,8)21-16-11-9-15(10-12-16)13-14-23(18-4,19-5)20-6;1-7-16(2,3)21-15-9-8-13(12-14(15)17)10-11-22(18-4,19-5)20-6;1-15(2,3)19-14-9-7-13(8-10-14)11-12-20(16-4,17-5)18-6;1-12(2,3)14-11(13)10-7-8-4-5-9(10)6-8;1-3-13-9(2)14-8-12-7-10-4-5-11(12)6-10;2*1-5-8(4,6-2)7-3/h9-12H,13-14H2,1-8H3;8-9,12H,7,10-11H2,1-6H3;7-10H,11-12H2,1-6H3;8-10H,4-7H2,1-3H3;9-12H,3-8H2,1-2H3;2*1-4H3. The fraction of sp³-hybridized carbons (Fsp3) is 0.762. The third-order valence-electron chi connectivity index (χ3n) is 21.1. The molecule has 4 saturated carbocycles. The molecule has 4 fully saturated rings. The molecule has 3 aromatic carbocycles. The smallest absolute Gasteiger partial charge is 0.500 e. The molecule has 3 aromatic rings. The van der Waals surface area contributed by atoms with Gasteiger partial charge in [0.2, 0.25) is 8.32 Å². The van der Waals surface area contributed by atoms with Crippen LogP contribution in [0.2, 0.25) is 49.4 Å². The Bertz CT molecular complexity index is 2840. The SMILES string of the molecule is CC(C)(C)OC(=O)C1CC2CCC1C2.CCC(C)(C)Oc1ccc(CC[Si](OC)(OC)OC)cc1F.CCOC(C)OCC1CC2CCC1C2.CO[Si](C)(OC)OC.CO[Si](C)(OC)OC.CO[Si](CCc1ccc(OC(C)(C)C)cc1)(OC)OC.CO[Si](CCc1ccc(O[Si](C)(C)C(C)(C)C)cc1)(OC)OC. The Hall–Kier alpha value is -2.92. The third-order valence-corrected chi connectivity index (χ3v) is 38.1. The Kier molecular flexibility index (Phi) is 47.6. The van der Waals surface area contributed by atoms with Crippen molar-refractivity contribution in [2.24, 2.45) is 35.5 Å². The first-order chi connectivity index (χ1) is 50.8. The molecule has 22 nitrogen and oxygen atoms in total. The van der Waals surface area contributed by atoms with Crippen LogP contribution >= 0.6 is 0 Å². The summed E-state index contributed by atoms with van der Waals surface area (Å²) in [4.78, 5) is 11.8. The van der Waals surface area contributed by atoms with Crippen LogP contribution in [-0.4, -0.2) is 201 Å². The number of carbonyl (C=O) groups is 1. The molecule has 109 heavy (non-hydrogen) atoms. The van der Waals surface area contributed by atoms with Crippen LogP contribution in [0.5, 0.6) is 17.2 Å². The maximum Gasteiger partial charge on any atom is 0.500 e. The molecular formula is C80H151FO22Si6. The third kappa shape index (κ3) is 38.1. The van der Waals surface area contributed by atoms with E-state index in [1.165, 1.54) is 62.1 Å². The number of esters is 1. The normalized spacial score (nSPS) is 18.8. The number of ether oxygens (including phenoxy) is 5. The van der Waals surface area contributed by atoms with Crippen LogP contribution in [0.25, 0.3) is 0 Å². The van der Waals surface area contributed by atoms with E-state index >= 15 is 0 Å². The molecule has 7 atom stereocenters. The summed E-state index contributed by atoms with van der Waals surface area (Å²) in [6.45, 7) is 38.4. The van der Waals surface area contributed by atoms with Gasteiger partial charge in [-0.1, -0.05) is 70.9 Å². The van der Waals surface area contributed by atoms with Crippen molar-refractivity contribution in [2.45, 2.75) is 246 Å². The minimum atomic E-state index is -2.63. The van der Waals surface area contributed by atoms with Gasteiger partial charge < -0.3 is 94.5 Å². The molecule has 4 aliphatic rings. The predicted molar refractivity (Wildman–Crippen MR) is 444 cm³/mol. The highest BCUT2D eigenvalue weighted by atomic mass is 28.4. The molecule has 0 spiro atoms. The van der Waals surface area contributed by atoms with E-state index in [-0.39, 0.29) is 51.6 Å². The van der Waals surface area contributed by atoms with Gasteiger partial charge in [-0.2, -0.15) is 0 Å². The van der Waals surface area contributed by atoms with Gasteiger partial charge in [-0.25, -0.2) is 4.39 Å². The van der Waals surface area contributed by atoms with Crippen molar-refractivity contribution in [2.75, 3.05) is 120 Å². The average molecular weight is 1650 g/mol. The van der Waals surface area contributed by atoms with E-state index in [1.807, 2.05) is 107 Å². The van der Waals surface area contributed by atoms with Crippen molar-refractivity contribution >= 4 is 58.3 Å². The fourth-order valence-corrected chi connectivity index (χ4v) is 19.6. The largest absolute Gasteiger partial charge is 0.544 e. The number of benzene rings is 3. The van der Waals surface area contributed by atoms with Gasteiger partial charge in [-0.3, -0.25) is 4.79 Å². The van der Waals surface area contributed by atoms with Gasteiger partial charge in [0.15, 0.2) is 17.9 Å². The van der Waals surface area contributed by atoms with E-state index in [0.717, 1.165) is 91.7 Å². The molecule has 0 N–H and O–H groups in total. The van der Waals surface area contributed by atoms with Crippen LogP contribution in [-0.2, 0) is 105 Å². The van der Waals surface area contributed by atoms with Gasteiger partial charge in [-0.15, -0.1) is 0 Å². The monoisotopic (exact) mass is 1650 g/mol. The number of hydrogen-bond acceptors (Lipinski definition) is 22. The molecule has 0 heterocycles. The van der Waals surface area contributed by atoms with Crippen molar-refractivity contribution in [3.8, 4) is 17.2 Å². The lowest BCUT2D eigenvalue weighted by Crippen LogP contribution is -2.43. The highest BCUT2D eigenvalue weighted by molar-refractivity contribution is 6.74. The number of aryl methyl sites for hydroxylation is 3. The molecule has 4 aliphatic carbocycles. The first-order valence-corrected chi connectivity index (χ1v) is 51.8. The quantitative estimate of drug-likeness (QED) is 0.0301. The van der Waals surface area contributed by atoms with E-state index in [2.05, 4.69) is 70.3 Å². The summed E-state index contributed by atoms with van der Waals surface area (Å²) in [5.74, 6) is 6.30. The minimum Gasteiger partial charge on any atom is -0.544 e. The summed E-state index contributed by atoms with van der Waals surface area (Å²) >= 11 is 0. The summed E-state index contributed by atoms with van der Waals surface area (Å²) in [5, 5.41) is 0.201. The van der Waals surface area contributed by atoms with Gasteiger partial charge in [0, 0.05) is 144 Å². The summed E-state index contributed by atoms with van der Waals surface area (Å²) in [6.07, 6.45) is 13.9. The molecule has 4 bridgehead atoms. The van der Waals surface area contributed by atoms with Crippen molar-refractivity contribution in [3.63, 3.8) is 0 Å². The number of halogens is 1. The zero-order chi connectivity index (χ0) is 83.3. The fourth-order valence-electron chi connectivity index (χ4n) is 12.5. The summed E-state index contributed by atoms with van der Waals surface area (Å²) < 4.78 is 127. The lowest BCUT2D eigenvalue weighted by Gasteiger charge is -2.36. The summed E-state index contributed by atoms with van der Waals surface area (Å²) in [5.41, 5.74) is 2.43. The molecule has 0 aromatic heterocycles. The number of hydrogen-bond donors (Lipinski definition) is 0. The van der Waals surface area contributed by atoms with E-state index in [4.69, 9.17) is 94.5 Å². The van der Waals surface area contributed by atoms with Gasteiger partial charge >= 0.3 is 50.0 Å². The van der Waals surface area contributed by atoms with Crippen LogP contribution in [0.1, 0.15) is 171 Å². The van der Waals surface area contributed by atoms with Crippen LogP contribution in [0.3, 0.4) is 0 Å². The zero-order valence-electron chi connectivity index (χ0n) is 73.8. The van der Waals surface area contributed by atoms with Gasteiger partial charge in [0.05, 0.1) is 12.5 Å². The average Bonchev–Trinajstić information content (AvgIpc) is 1.55. The Balaban J connectivity index is 0.000000654. The second-order valence-corrected chi connectivity index (χ2v) is 52.2. The second kappa shape index (κ2) is 49.9. The number of fused-ring (bicyclic) bond motifs is 4. The Morgan fingerprint density at radius 2 is 0.844 bits per heavy atom. The topological polar surface area (TPSA) is 211 Å². The second-order valence-electron chi connectivity index (χ2n) is 32.3. The molecule has 0 aliphatic heterocycles. The maximum absolute atomic E-state index is 14.2. The van der Waals surface area contributed by atoms with Crippen LogP contribution < -0.4 is 13.9 Å². The molecule has 7 unspecified atom stereocenters. The van der Waals surface area contributed by atoms with Crippen molar-refractivity contribution in [3.05, 3.63) is 89.2 Å². The lowest BCUT2D eigenvalue weighted by atomic mass is 9.89. The van der Waals surface area contributed by atoms with Crippen LogP contribution in [0, 0.1) is 41.3 Å². The molecule has 0 saturated heterocycles. The summed E-state index contributed by atoms with van der Waals surface area (Å²) in [7, 11) is 10.3. The van der Waals surface area contributed by atoms with Crippen molar-refractivity contribution < 1.29 is 104 Å². The van der Waals surface area contributed by atoms with Crippen LogP contribution in [0.15, 0.2) is 66.7 Å². The Morgan fingerprint density at radius 3 is 1.15 bits per heavy atom. The molecular weight excluding hydrogens is 1500 g/mol. The number of rotatable bonds is 36. The highest BCUT2D eigenvalue weighted by Gasteiger charge is 2.46. The predicted octanol–water partition coefficient (Wildman–Crippen LogP) is 18.2. The van der Waals surface area contributed by atoms with E-state index in [0.29, 0.717) is 18.4 Å².